The maximum atomic E-state index is 13.9. The zero-order valence-electron chi connectivity index (χ0n) is 22.4. The molecule has 4 rings (SSSR count). The first kappa shape index (κ1) is 28.2. The van der Waals surface area contributed by atoms with Gasteiger partial charge in [0.1, 0.15) is 0 Å². The Morgan fingerprint density at radius 3 is 2.11 bits per heavy atom. The number of carbonyl (C=O) groups is 2. The molecule has 1 saturated carbocycles. The number of hydrogen-bond donors (Lipinski definition) is 1. The first-order valence-corrected chi connectivity index (χ1v) is 13.4. The lowest BCUT2D eigenvalue weighted by Gasteiger charge is -2.44. The molecule has 3 nitrogen and oxygen atoms in total. The maximum Gasteiger partial charge on any atom is 0.416 e. The summed E-state index contributed by atoms with van der Waals surface area (Å²) in [5.41, 5.74) is 2.37. The Hall–Kier alpha value is -2.37. The van der Waals surface area contributed by atoms with Crippen LogP contribution >= 0.6 is 0 Å². The number of halogens is 3. The van der Waals surface area contributed by atoms with E-state index in [0.29, 0.717) is 12.0 Å². The molecule has 3 aliphatic rings. The molecular formula is C30H40F3NO2. The highest BCUT2D eigenvalue weighted by molar-refractivity contribution is 6.12. The third-order valence-corrected chi connectivity index (χ3v) is 7.54. The van der Waals surface area contributed by atoms with Gasteiger partial charge >= 0.3 is 6.18 Å². The van der Waals surface area contributed by atoms with E-state index in [4.69, 9.17) is 0 Å². The molecule has 1 fully saturated rings. The highest BCUT2D eigenvalue weighted by atomic mass is 19.4. The third-order valence-electron chi connectivity index (χ3n) is 7.54. The average Bonchev–Trinajstić information content (AvgIpc) is 2.83. The molecule has 0 bridgehead atoms. The first-order valence-electron chi connectivity index (χ1n) is 13.4. The van der Waals surface area contributed by atoms with Crippen molar-refractivity contribution in [3.63, 3.8) is 0 Å². The van der Waals surface area contributed by atoms with Crippen LogP contribution in [0.5, 0.6) is 0 Å². The van der Waals surface area contributed by atoms with Gasteiger partial charge in [-0.15, -0.1) is 0 Å². The van der Waals surface area contributed by atoms with Crippen molar-refractivity contribution >= 4 is 11.6 Å². The third kappa shape index (κ3) is 5.78. The molecule has 36 heavy (non-hydrogen) atoms. The Morgan fingerprint density at radius 2 is 1.58 bits per heavy atom. The fraction of sp³-hybridized carbons (Fsp3) is 0.600. The van der Waals surface area contributed by atoms with Crippen LogP contribution in [0.3, 0.4) is 0 Å². The zero-order valence-corrected chi connectivity index (χ0v) is 22.4. The molecule has 1 aromatic carbocycles. The van der Waals surface area contributed by atoms with Gasteiger partial charge in [-0.1, -0.05) is 72.9 Å². The highest BCUT2D eigenvalue weighted by Gasteiger charge is 2.46. The fourth-order valence-electron chi connectivity index (χ4n) is 5.97. The summed E-state index contributed by atoms with van der Waals surface area (Å²) in [5, 5.41) is 3.48. The van der Waals surface area contributed by atoms with Gasteiger partial charge in [0.2, 0.25) is 0 Å². The van der Waals surface area contributed by atoms with Crippen LogP contribution in [0.4, 0.5) is 13.2 Å². The molecule has 6 heteroatoms. The Bertz CT molecular complexity index is 1040. The van der Waals surface area contributed by atoms with Gasteiger partial charge in [0.05, 0.1) is 5.56 Å². The minimum Gasteiger partial charge on any atom is -0.361 e. The van der Waals surface area contributed by atoms with Gasteiger partial charge in [0.15, 0.2) is 11.6 Å². The summed E-state index contributed by atoms with van der Waals surface area (Å²) in [7, 11) is 0. The van der Waals surface area contributed by atoms with Crippen molar-refractivity contribution in [3.8, 4) is 0 Å². The van der Waals surface area contributed by atoms with Gasteiger partial charge in [-0.2, -0.15) is 13.2 Å². The summed E-state index contributed by atoms with van der Waals surface area (Å²) in [4.78, 5) is 27.4. The second kappa shape index (κ2) is 10.9. The number of benzene rings is 1. The second-order valence-corrected chi connectivity index (χ2v) is 11.2. The summed E-state index contributed by atoms with van der Waals surface area (Å²) >= 11 is 0. The van der Waals surface area contributed by atoms with Crippen LogP contribution in [0.2, 0.25) is 0 Å². The van der Waals surface area contributed by atoms with Gasteiger partial charge in [-0.25, -0.2) is 0 Å². The van der Waals surface area contributed by atoms with E-state index in [-0.39, 0.29) is 40.3 Å². The topological polar surface area (TPSA) is 46.2 Å². The molecule has 0 amide bonds. The van der Waals surface area contributed by atoms with Gasteiger partial charge in [-0.05, 0) is 48.6 Å². The van der Waals surface area contributed by atoms with Crippen LogP contribution in [0.15, 0.2) is 46.8 Å². The van der Waals surface area contributed by atoms with Crippen LogP contribution in [0.1, 0.15) is 102 Å². The van der Waals surface area contributed by atoms with E-state index >= 15 is 0 Å². The minimum atomic E-state index is -4.46. The Labute approximate surface area is 213 Å². The molecule has 1 N–H and O–H groups in total. The average molecular weight is 504 g/mol. The summed E-state index contributed by atoms with van der Waals surface area (Å²) in [6.45, 7) is 12.2. The summed E-state index contributed by atoms with van der Waals surface area (Å²) < 4.78 is 39.3. The molecule has 0 saturated heterocycles. The van der Waals surface area contributed by atoms with Crippen molar-refractivity contribution < 1.29 is 22.8 Å². The minimum absolute atomic E-state index is 0.00804. The van der Waals surface area contributed by atoms with E-state index in [1.54, 1.807) is 0 Å². The largest absolute Gasteiger partial charge is 0.416 e. The van der Waals surface area contributed by atoms with Crippen molar-refractivity contribution in [3.05, 3.63) is 57.9 Å². The van der Waals surface area contributed by atoms with E-state index in [2.05, 4.69) is 19.2 Å². The van der Waals surface area contributed by atoms with Gasteiger partial charge in [-0.3, -0.25) is 9.59 Å². The smallest absolute Gasteiger partial charge is 0.361 e. The lowest BCUT2D eigenvalue weighted by Crippen LogP contribution is -2.43. The molecule has 1 unspecified atom stereocenters. The quantitative estimate of drug-likeness (QED) is 0.421. The number of Topliss-reactive ketones (excluding diaryl/α,β-unsaturated/α-hetero) is 2. The fourth-order valence-corrected chi connectivity index (χ4v) is 5.97. The molecule has 0 radical (unpaired) electrons. The number of nitrogens with one attached hydrogen (secondary N) is 1. The molecular weight excluding hydrogens is 463 g/mol. The number of dihydropyridines is 1. The molecule has 0 aromatic heterocycles. The molecule has 0 spiro atoms. The number of ketones is 2. The van der Waals surface area contributed by atoms with Gasteiger partial charge in [0, 0.05) is 40.4 Å². The van der Waals surface area contributed by atoms with Gasteiger partial charge < -0.3 is 5.32 Å². The molecule has 1 atom stereocenters. The number of hydrogen-bond acceptors (Lipinski definition) is 3. The van der Waals surface area contributed by atoms with Gasteiger partial charge in [0.25, 0.3) is 0 Å². The van der Waals surface area contributed by atoms with Crippen molar-refractivity contribution in [2.45, 2.75) is 92.7 Å². The molecule has 1 heterocycles. The van der Waals surface area contributed by atoms with E-state index in [9.17, 15) is 22.8 Å². The van der Waals surface area contributed by atoms with Crippen LogP contribution in [0.25, 0.3) is 0 Å². The maximum absolute atomic E-state index is 13.9. The zero-order chi connectivity index (χ0) is 26.8. The first-order chi connectivity index (χ1) is 16.9. The van der Waals surface area contributed by atoms with Crippen LogP contribution in [-0.4, -0.2) is 11.6 Å². The van der Waals surface area contributed by atoms with E-state index in [1.165, 1.54) is 12.1 Å². The van der Waals surface area contributed by atoms with Crippen LogP contribution in [-0.2, 0) is 11.0 Å². The highest BCUT2D eigenvalue weighted by Crippen LogP contribution is 2.49. The van der Waals surface area contributed by atoms with Crippen LogP contribution in [0, 0.1) is 23.2 Å². The SMILES string of the molecule is CC.CC(C)C1=C(C(=O)c2ccc(C(F)(F)F)cc2)C(C2CCCCC2)C2=C(CC(C)(C)CC2=O)N1. The molecule has 2 aliphatic carbocycles. The summed E-state index contributed by atoms with van der Waals surface area (Å²) in [5.74, 6) is -0.284. The lowest BCUT2D eigenvalue weighted by molar-refractivity contribution is -0.137. The predicted molar refractivity (Wildman–Crippen MR) is 137 cm³/mol. The summed E-state index contributed by atoms with van der Waals surface area (Å²) in [6, 6.07) is 4.47. The Balaban J connectivity index is 0.00000176. The van der Waals surface area contributed by atoms with E-state index < -0.39 is 11.7 Å². The van der Waals surface area contributed by atoms with E-state index in [1.807, 2.05) is 27.7 Å². The lowest BCUT2D eigenvalue weighted by atomic mass is 9.63. The van der Waals surface area contributed by atoms with Crippen LogP contribution < -0.4 is 5.32 Å². The number of carbonyl (C=O) groups excluding carboxylic acids is 2. The molecule has 1 aliphatic heterocycles. The molecule has 1 aromatic rings. The van der Waals surface area contributed by atoms with E-state index in [0.717, 1.165) is 67.6 Å². The number of allylic oxidation sites excluding steroid dienone is 4. The summed E-state index contributed by atoms with van der Waals surface area (Å²) in [6.07, 6.45) is 1.91. The Morgan fingerprint density at radius 1 is 1.00 bits per heavy atom. The molecule has 198 valence electrons. The van der Waals surface area contributed by atoms with Crippen molar-refractivity contribution in [1.29, 1.82) is 0 Å². The number of alkyl halides is 3. The monoisotopic (exact) mass is 503 g/mol. The van der Waals surface area contributed by atoms with Crippen molar-refractivity contribution in [2.24, 2.45) is 23.2 Å². The standard InChI is InChI=1S/C28H34F3NO2.C2H6/c1-16(2)25-24(26(34)18-10-12-19(13-11-18)28(29,30)31)22(17-8-6-5-7-9-17)23-20(32-25)14-27(3,4)15-21(23)33;1-2/h10-13,16-17,22,32H,5-9,14-15H2,1-4H3;1-2H3. The Kier molecular flexibility index (Phi) is 8.57. The van der Waals surface area contributed by atoms with Crippen molar-refractivity contribution in [2.75, 3.05) is 0 Å². The normalized spacial score (nSPS) is 22.6. The predicted octanol–water partition coefficient (Wildman–Crippen LogP) is 8.27. The van der Waals surface area contributed by atoms with Crippen molar-refractivity contribution in [1.82, 2.24) is 5.32 Å². The number of rotatable bonds is 4. The second-order valence-electron chi connectivity index (χ2n) is 11.2.